The van der Waals surface area contributed by atoms with E-state index in [0.717, 1.165) is 38.9 Å². The molecule has 19 heavy (non-hydrogen) atoms. The Labute approximate surface area is 118 Å². The zero-order chi connectivity index (χ0) is 14.9. The van der Waals surface area contributed by atoms with Crippen molar-refractivity contribution in [1.29, 1.82) is 0 Å². The SMILES string of the molecule is CC(C)(C)CCCCOCCCCC(C)(C)C(=O)O. The molecule has 0 saturated heterocycles. The van der Waals surface area contributed by atoms with Crippen molar-refractivity contribution in [3.63, 3.8) is 0 Å². The zero-order valence-electron chi connectivity index (χ0n) is 13.4. The monoisotopic (exact) mass is 272 g/mol. The standard InChI is InChI=1S/C16H32O3/c1-15(2,3)10-6-8-12-19-13-9-7-11-16(4,5)14(17)18/h6-13H2,1-5H3,(H,17,18). The molecule has 0 aromatic rings. The zero-order valence-corrected chi connectivity index (χ0v) is 13.4. The highest BCUT2D eigenvalue weighted by Crippen LogP contribution is 2.23. The smallest absolute Gasteiger partial charge is 0.309 e. The van der Waals surface area contributed by atoms with Crippen molar-refractivity contribution in [3.05, 3.63) is 0 Å². The molecule has 0 radical (unpaired) electrons. The highest BCUT2D eigenvalue weighted by Gasteiger charge is 2.25. The number of hydrogen-bond donors (Lipinski definition) is 1. The Morgan fingerprint density at radius 1 is 0.895 bits per heavy atom. The summed E-state index contributed by atoms with van der Waals surface area (Å²) >= 11 is 0. The first-order valence-corrected chi connectivity index (χ1v) is 7.46. The van der Waals surface area contributed by atoms with E-state index in [0.29, 0.717) is 5.41 Å². The second-order valence-corrected chi connectivity index (χ2v) is 7.28. The summed E-state index contributed by atoms with van der Waals surface area (Å²) in [7, 11) is 0. The van der Waals surface area contributed by atoms with Crippen LogP contribution in [0.25, 0.3) is 0 Å². The van der Waals surface area contributed by atoms with Gasteiger partial charge in [0, 0.05) is 13.2 Å². The van der Waals surface area contributed by atoms with Gasteiger partial charge >= 0.3 is 5.97 Å². The summed E-state index contributed by atoms with van der Waals surface area (Å²) in [5.41, 5.74) is -0.185. The molecule has 0 amide bonds. The van der Waals surface area contributed by atoms with Crippen molar-refractivity contribution in [3.8, 4) is 0 Å². The van der Waals surface area contributed by atoms with Crippen LogP contribution in [0.5, 0.6) is 0 Å². The lowest BCUT2D eigenvalue weighted by molar-refractivity contribution is -0.147. The molecule has 3 nitrogen and oxygen atoms in total. The van der Waals surface area contributed by atoms with Gasteiger partial charge in [0.1, 0.15) is 0 Å². The number of carboxylic acids is 1. The van der Waals surface area contributed by atoms with Crippen LogP contribution in [-0.2, 0) is 9.53 Å². The summed E-state index contributed by atoms with van der Waals surface area (Å²) in [6.45, 7) is 11.9. The Balaban J connectivity index is 3.35. The number of rotatable bonds is 10. The van der Waals surface area contributed by atoms with Gasteiger partial charge in [-0.25, -0.2) is 0 Å². The van der Waals surface area contributed by atoms with Gasteiger partial charge in [-0.1, -0.05) is 33.6 Å². The second kappa shape index (κ2) is 8.57. The Kier molecular flexibility index (Phi) is 8.31. The van der Waals surface area contributed by atoms with Crippen LogP contribution < -0.4 is 0 Å². The summed E-state index contributed by atoms with van der Waals surface area (Å²) in [6.07, 6.45) is 6.17. The van der Waals surface area contributed by atoms with Crippen LogP contribution >= 0.6 is 0 Å². The molecule has 0 rings (SSSR count). The molecule has 0 aliphatic heterocycles. The van der Waals surface area contributed by atoms with Crippen LogP contribution in [0.1, 0.15) is 73.1 Å². The fourth-order valence-electron chi connectivity index (χ4n) is 1.84. The molecular weight excluding hydrogens is 240 g/mol. The van der Waals surface area contributed by atoms with Gasteiger partial charge in [-0.15, -0.1) is 0 Å². The summed E-state index contributed by atoms with van der Waals surface area (Å²) in [4.78, 5) is 10.9. The lowest BCUT2D eigenvalue weighted by Gasteiger charge is -2.18. The van der Waals surface area contributed by atoms with Crippen molar-refractivity contribution in [2.24, 2.45) is 10.8 Å². The van der Waals surface area contributed by atoms with Gasteiger partial charge < -0.3 is 9.84 Å². The molecule has 3 heteroatoms. The molecule has 0 aliphatic rings. The lowest BCUT2D eigenvalue weighted by Crippen LogP contribution is -2.23. The number of carboxylic acid groups (broad SMARTS) is 1. The van der Waals surface area contributed by atoms with Crippen molar-refractivity contribution in [2.75, 3.05) is 13.2 Å². The molecule has 0 heterocycles. The summed E-state index contributed by atoms with van der Waals surface area (Å²) in [5, 5.41) is 8.98. The van der Waals surface area contributed by atoms with Gasteiger partial charge in [0.15, 0.2) is 0 Å². The molecule has 0 unspecified atom stereocenters. The largest absolute Gasteiger partial charge is 0.481 e. The predicted molar refractivity (Wildman–Crippen MR) is 79.4 cm³/mol. The minimum absolute atomic E-state index is 0.419. The van der Waals surface area contributed by atoms with E-state index in [1.54, 1.807) is 13.8 Å². The first-order valence-electron chi connectivity index (χ1n) is 7.46. The highest BCUT2D eigenvalue weighted by molar-refractivity contribution is 5.73. The number of aliphatic carboxylic acids is 1. The van der Waals surface area contributed by atoms with E-state index in [-0.39, 0.29) is 0 Å². The van der Waals surface area contributed by atoms with E-state index in [2.05, 4.69) is 20.8 Å². The van der Waals surface area contributed by atoms with Gasteiger partial charge in [0.25, 0.3) is 0 Å². The Morgan fingerprint density at radius 2 is 1.37 bits per heavy atom. The quantitative estimate of drug-likeness (QED) is 0.596. The Hall–Kier alpha value is -0.570. The summed E-state index contributed by atoms with van der Waals surface area (Å²) in [5.74, 6) is -0.712. The molecule has 0 spiro atoms. The molecular formula is C16H32O3. The normalized spacial score (nSPS) is 12.7. The molecule has 0 fully saturated rings. The molecule has 114 valence electrons. The van der Waals surface area contributed by atoms with E-state index in [4.69, 9.17) is 9.84 Å². The molecule has 0 bridgehead atoms. The minimum atomic E-state index is -0.712. The second-order valence-electron chi connectivity index (χ2n) is 7.28. The van der Waals surface area contributed by atoms with Crippen LogP contribution in [0.3, 0.4) is 0 Å². The van der Waals surface area contributed by atoms with E-state index >= 15 is 0 Å². The van der Waals surface area contributed by atoms with Crippen molar-refractivity contribution in [2.45, 2.75) is 73.1 Å². The summed E-state index contributed by atoms with van der Waals surface area (Å²) in [6, 6.07) is 0. The number of ether oxygens (including phenoxy) is 1. The topological polar surface area (TPSA) is 46.5 Å². The maximum absolute atomic E-state index is 10.9. The van der Waals surface area contributed by atoms with Crippen molar-refractivity contribution >= 4 is 5.97 Å². The predicted octanol–water partition coefficient (Wildman–Crippen LogP) is 4.50. The third kappa shape index (κ3) is 11.0. The maximum atomic E-state index is 10.9. The van der Waals surface area contributed by atoms with E-state index in [1.165, 1.54) is 12.8 Å². The van der Waals surface area contributed by atoms with Crippen LogP contribution in [0.4, 0.5) is 0 Å². The highest BCUT2D eigenvalue weighted by atomic mass is 16.5. The average molecular weight is 272 g/mol. The van der Waals surface area contributed by atoms with Gasteiger partial charge in [-0.3, -0.25) is 4.79 Å². The molecule has 0 saturated carbocycles. The molecule has 0 aromatic carbocycles. The minimum Gasteiger partial charge on any atom is -0.481 e. The third-order valence-electron chi connectivity index (χ3n) is 3.38. The fourth-order valence-corrected chi connectivity index (χ4v) is 1.84. The fraction of sp³-hybridized carbons (Fsp3) is 0.938. The summed E-state index contributed by atoms with van der Waals surface area (Å²) < 4.78 is 5.58. The average Bonchev–Trinajstić information content (AvgIpc) is 2.25. The lowest BCUT2D eigenvalue weighted by atomic mass is 9.87. The Morgan fingerprint density at radius 3 is 1.79 bits per heavy atom. The molecule has 1 N–H and O–H groups in total. The molecule has 0 aliphatic carbocycles. The van der Waals surface area contributed by atoms with Gasteiger partial charge in [-0.05, 0) is 44.9 Å². The van der Waals surface area contributed by atoms with Crippen LogP contribution in [0, 0.1) is 10.8 Å². The Bertz CT molecular complexity index is 251. The van der Waals surface area contributed by atoms with E-state index < -0.39 is 11.4 Å². The maximum Gasteiger partial charge on any atom is 0.309 e. The number of hydrogen-bond acceptors (Lipinski definition) is 2. The number of unbranched alkanes of at least 4 members (excludes halogenated alkanes) is 2. The number of carbonyl (C=O) groups is 1. The molecule has 0 atom stereocenters. The third-order valence-corrected chi connectivity index (χ3v) is 3.38. The van der Waals surface area contributed by atoms with Gasteiger partial charge in [0.05, 0.1) is 5.41 Å². The van der Waals surface area contributed by atoms with Crippen LogP contribution in [0.15, 0.2) is 0 Å². The van der Waals surface area contributed by atoms with E-state index in [1.807, 2.05) is 0 Å². The van der Waals surface area contributed by atoms with Crippen molar-refractivity contribution < 1.29 is 14.6 Å². The molecule has 0 aromatic heterocycles. The van der Waals surface area contributed by atoms with Gasteiger partial charge in [0.2, 0.25) is 0 Å². The first-order chi connectivity index (χ1) is 8.65. The van der Waals surface area contributed by atoms with E-state index in [9.17, 15) is 4.79 Å². The van der Waals surface area contributed by atoms with Crippen molar-refractivity contribution in [1.82, 2.24) is 0 Å². The van der Waals surface area contributed by atoms with Crippen LogP contribution in [0.2, 0.25) is 0 Å². The van der Waals surface area contributed by atoms with Gasteiger partial charge in [-0.2, -0.15) is 0 Å². The first kappa shape index (κ1) is 18.4. The van der Waals surface area contributed by atoms with Crippen LogP contribution in [-0.4, -0.2) is 24.3 Å².